The number of nitrogens with one attached hydrogen (secondary N) is 1. The van der Waals surface area contributed by atoms with Crippen molar-refractivity contribution in [3.8, 4) is 22.9 Å². The van der Waals surface area contributed by atoms with Crippen LogP contribution in [0.5, 0.6) is 11.5 Å². The van der Waals surface area contributed by atoms with Crippen LogP contribution in [0.2, 0.25) is 10.0 Å². The maximum absolute atomic E-state index is 6.17. The number of rotatable bonds is 5. The number of H-pyrrole nitrogens is 1. The molecule has 0 fully saturated rings. The summed E-state index contributed by atoms with van der Waals surface area (Å²) in [6.07, 6.45) is 1.59. The summed E-state index contributed by atoms with van der Waals surface area (Å²) in [5.41, 5.74) is 1.46. The number of hydrogen-bond donors (Lipinski definition) is 1. The van der Waals surface area contributed by atoms with Gasteiger partial charge in [-0.25, -0.2) is 5.10 Å². The third-order valence-electron chi connectivity index (χ3n) is 3.57. The van der Waals surface area contributed by atoms with Crippen molar-refractivity contribution >= 4 is 41.6 Å². The smallest absolute Gasteiger partial charge is 0.216 e. The molecule has 3 aromatic rings. The summed E-state index contributed by atoms with van der Waals surface area (Å²) in [5.74, 6) is 1.72. The first-order valence-electron chi connectivity index (χ1n) is 7.42. The maximum atomic E-state index is 6.17. The molecule has 0 unspecified atom stereocenters. The average Bonchev–Trinajstić information content (AvgIpc) is 3.01. The van der Waals surface area contributed by atoms with Gasteiger partial charge in [0.25, 0.3) is 0 Å². The van der Waals surface area contributed by atoms with Gasteiger partial charge in [0.1, 0.15) is 0 Å². The SMILES string of the molecule is COc1ccc(-c2n[nH]c(=S)n2/N=C/c2ccc(Cl)cc2Cl)cc1OC. The lowest BCUT2D eigenvalue weighted by molar-refractivity contribution is 0.355. The molecule has 0 spiro atoms. The molecular weight excluding hydrogens is 395 g/mol. The number of aromatic amines is 1. The Kier molecular flexibility index (Phi) is 5.61. The number of aromatic nitrogens is 3. The van der Waals surface area contributed by atoms with E-state index in [1.165, 1.54) is 4.68 Å². The van der Waals surface area contributed by atoms with Crippen molar-refractivity contribution in [2.24, 2.45) is 5.10 Å². The first kappa shape index (κ1) is 18.4. The van der Waals surface area contributed by atoms with Crippen molar-refractivity contribution in [3.05, 3.63) is 56.8 Å². The van der Waals surface area contributed by atoms with E-state index in [0.717, 1.165) is 5.56 Å². The molecule has 6 nitrogen and oxygen atoms in total. The molecule has 0 aliphatic carbocycles. The van der Waals surface area contributed by atoms with Gasteiger partial charge in [0, 0.05) is 16.1 Å². The zero-order valence-corrected chi connectivity index (χ0v) is 16.2. The molecule has 134 valence electrons. The van der Waals surface area contributed by atoms with Crippen LogP contribution in [0.3, 0.4) is 0 Å². The summed E-state index contributed by atoms with van der Waals surface area (Å²) >= 11 is 17.4. The zero-order valence-electron chi connectivity index (χ0n) is 13.9. The van der Waals surface area contributed by atoms with Gasteiger partial charge in [0.2, 0.25) is 4.77 Å². The van der Waals surface area contributed by atoms with Crippen molar-refractivity contribution in [3.63, 3.8) is 0 Å². The molecule has 1 heterocycles. The van der Waals surface area contributed by atoms with Crippen LogP contribution in [-0.4, -0.2) is 35.3 Å². The molecule has 0 amide bonds. The molecule has 0 atom stereocenters. The fourth-order valence-corrected chi connectivity index (χ4v) is 2.92. The highest BCUT2D eigenvalue weighted by atomic mass is 35.5. The van der Waals surface area contributed by atoms with Crippen LogP contribution in [0, 0.1) is 4.77 Å². The summed E-state index contributed by atoms with van der Waals surface area (Å²) in [6, 6.07) is 10.6. The highest BCUT2D eigenvalue weighted by Gasteiger charge is 2.12. The second kappa shape index (κ2) is 7.90. The lowest BCUT2D eigenvalue weighted by Gasteiger charge is -2.09. The van der Waals surface area contributed by atoms with Gasteiger partial charge < -0.3 is 9.47 Å². The van der Waals surface area contributed by atoms with Crippen molar-refractivity contribution in [2.75, 3.05) is 14.2 Å². The summed E-state index contributed by atoms with van der Waals surface area (Å²) in [7, 11) is 3.15. The number of hydrogen-bond acceptors (Lipinski definition) is 5. The minimum absolute atomic E-state index is 0.344. The highest BCUT2D eigenvalue weighted by Crippen LogP contribution is 2.31. The van der Waals surface area contributed by atoms with Crippen molar-refractivity contribution < 1.29 is 9.47 Å². The molecule has 0 radical (unpaired) electrons. The molecule has 2 aromatic carbocycles. The molecule has 26 heavy (non-hydrogen) atoms. The standard InChI is InChI=1S/C17H14Cl2N4O2S/c1-24-14-6-4-10(7-15(14)25-2)16-21-22-17(26)23(16)20-9-11-3-5-12(18)8-13(11)19/h3-9H,1-2H3,(H,22,26)/b20-9+. The second-order valence-electron chi connectivity index (χ2n) is 5.14. The van der Waals surface area contributed by atoms with E-state index in [2.05, 4.69) is 15.3 Å². The molecule has 0 bridgehead atoms. The van der Waals surface area contributed by atoms with Crippen molar-refractivity contribution in [2.45, 2.75) is 0 Å². The normalized spacial score (nSPS) is 11.1. The topological polar surface area (TPSA) is 64.4 Å². The second-order valence-corrected chi connectivity index (χ2v) is 6.37. The molecule has 1 aromatic heterocycles. The molecule has 0 saturated carbocycles. The van der Waals surface area contributed by atoms with E-state index in [9.17, 15) is 0 Å². The van der Waals surface area contributed by atoms with Crippen LogP contribution >= 0.6 is 35.4 Å². The lowest BCUT2D eigenvalue weighted by Crippen LogP contribution is -1.97. The quantitative estimate of drug-likeness (QED) is 0.485. The molecule has 3 rings (SSSR count). The molecule has 0 aliphatic heterocycles. The molecule has 0 aliphatic rings. The van der Waals surface area contributed by atoms with E-state index < -0.39 is 0 Å². The minimum atomic E-state index is 0.344. The fourth-order valence-electron chi connectivity index (χ4n) is 2.29. The number of methoxy groups -OCH3 is 2. The first-order valence-corrected chi connectivity index (χ1v) is 8.59. The molecular formula is C17H14Cl2N4O2S. The average molecular weight is 409 g/mol. The lowest BCUT2D eigenvalue weighted by atomic mass is 10.2. The Morgan fingerprint density at radius 3 is 2.58 bits per heavy atom. The van der Waals surface area contributed by atoms with Gasteiger partial charge >= 0.3 is 0 Å². The van der Waals surface area contributed by atoms with Crippen LogP contribution in [0.15, 0.2) is 41.5 Å². The summed E-state index contributed by atoms with van der Waals surface area (Å²) in [6.45, 7) is 0. The Bertz CT molecular complexity index is 1030. The predicted octanol–water partition coefficient (Wildman–Crippen LogP) is 4.81. The minimum Gasteiger partial charge on any atom is -0.493 e. The fraction of sp³-hybridized carbons (Fsp3) is 0.118. The number of benzene rings is 2. The van der Waals surface area contributed by atoms with E-state index in [1.54, 1.807) is 50.8 Å². The van der Waals surface area contributed by atoms with E-state index >= 15 is 0 Å². The van der Waals surface area contributed by atoms with Gasteiger partial charge in [-0.1, -0.05) is 29.3 Å². The summed E-state index contributed by atoms with van der Waals surface area (Å²) in [5, 5.41) is 12.4. The number of nitrogens with zero attached hydrogens (tertiary/aromatic N) is 3. The highest BCUT2D eigenvalue weighted by molar-refractivity contribution is 7.71. The van der Waals surface area contributed by atoms with E-state index in [1.807, 2.05) is 6.07 Å². The van der Waals surface area contributed by atoms with Gasteiger partial charge in [0.05, 0.1) is 25.5 Å². The number of ether oxygens (including phenoxy) is 2. The molecule has 1 N–H and O–H groups in total. The van der Waals surface area contributed by atoms with Gasteiger partial charge in [-0.3, -0.25) is 0 Å². The first-order chi connectivity index (χ1) is 12.5. The third kappa shape index (κ3) is 3.75. The van der Waals surface area contributed by atoms with Crippen LogP contribution < -0.4 is 9.47 Å². The van der Waals surface area contributed by atoms with Crippen molar-refractivity contribution in [1.82, 2.24) is 14.9 Å². The largest absolute Gasteiger partial charge is 0.493 e. The Balaban J connectivity index is 2.02. The molecule has 0 saturated heterocycles. The Hall–Kier alpha value is -2.35. The monoisotopic (exact) mass is 408 g/mol. The van der Waals surface area contributed by atoms with Gasteiger partial charge in [-0.05, 0) is 42.5 Å². The molecule has 9 heteroatoms. The van der Waals surface area contributed by atoms with Crippen molar-refractivity contribution in [1.29, 1.82) is 0 Å². The van der Waals surface area contributed by atoms with Gasteiger partial charge in [-0.2, -0.15) is 14.9 Å². The Morgan fingerprint density at radius 2 is 1.88 bits per heavy atom. The number of halogens is 2. The van der Waals surface area contributed by atoms with Crippen LogP contribution in [0.4, 0.5) is 0 Å². The van der Waals surface area contributed by atoms with E-state index in [4.69, 9.17) is 44.9 Å². The summed E-state index contributed by atoms with van der Waals surface area (Å²) < 4.78 is 12.4. The maximum Gasteiger partial charge on any atom is 0.216 e. The third-order valence-corrected chi connectivity index (χ3v) is 4.39. The van der Waals surface area contributed by atoms with Gasteiger partial charge in [-0.15, -0.1) is 0 Å². The van der Waals surface area contributed by atoms with E-state index in [-0.39, 0.29) is 0 Å². The van der Waals surface area contributed by atoms with Crippen LogP contribution in [0.25, 0.3) is 11.4 Å². The van der Waals surface area contributed by atoms with E-state index in [0.29, 0.717) is 37.7 Å². The zero-order chi connectivity index (χ0) is 18.7. The predicted molar refractivity (Wildman–Crippen MR) is 105 cm³/mol. The van der Waals surface area contributed by atoms with Gasteiger partial charge in [0.15, 0.2) is 17.3 Å². The Morgan fingerprint density at radius 1 is 1.12 bits per heavy atom. The van der Waals surface area contributed by atoms with Crippen LogP contribution in [-0.2, 0) is 0 Å². The Labute approximate surface area is 165 Å². The van der Waals surface area contributed by atoms with Crippen LogP contribution in [0.1, 0.15) is 5.56 Å². The summed E-state index contributed by atoms with van der Waals surface area (Å²) in [4.78, 5) is 0.